The molecule has 6 heteroatoms. The van der Waals surface area contributed by atoms with Crippen molar-refractivity contribution in [3.05, 3.63) is 34.5 Å². The van der Waals surface area contributed by atoms with Gasteiger partial charge in [0.05, 0.1) is 4.88 Å². The van der Waals surface area contributed by atoms with Crippen LogP contribution in [-0.2, 0) is 11.3 Å². The minimum absolute atomic E-state index is 0.250. The first kappa shape index (κ1) is 15.2. The van der Waals surface area contributed by atoms with Crippen LogP contribution < -0.4 is 10.6 Å². The summed E-state index contributed by atoms with van der Waals surface area (Å²) in [6.07, 6.45) is 4.21. The Hall–Kier alpha value is -1.37. The number of thiophene rings is 2. The Morgan fingerprint density at radius 2 is 2.04 bits per heavy atom. The fraction of sp³-hybridized carbons (Fsp3) is 0.471. The van der Waals surface area contributed by atoms with Gasteiger partial charge in [0, 0.05) is 28.6 Å². The van der Waals surface area contributed by atoms with Crippen molar-refractivity contribution < 1.29 is 9.53 Å². The molecule has 2 aromatic rings. The molecule has 2 bridgehead atoms. The van der Waals surface area contributed by atoms with Crippen LogP contribution in [0.15, 0.2) is 29.0 Å². The highest BCUT2D eigenvalue weighted by Crippen LogP contribution is 2.33. The SMILES string of the molecule is O=C(NC1CC2CCC(C1)N2)OCc1ccsc1-c1cccs1. The molecule has 0 saturated carbocycles. The van der Waals surface area contributed by atoms with Gasteiger partial charge in [0.15, 0.2) is 0 Å². The van der Waals surface area contributed by atoms with Gasteiger partial charge in [-0.2, -0.15) is 0 Å². The Balaban J connectivity index is 1.31. The summed E-state index contributed by atoms with van der Waals surface area (Å²) in [5, 5.41) is 10.7. The summed E-state index contributed by atoms with van der Waals surface area (Å²) >= 11 is 3.41. The van der Waals surface area contributed by atoms with Crippen LogP contribution in [0.4, 0.5) is 4.79 Å². The van der Waals surface area contributed by atoms with E-state index < -0.39 is 0 Å². The number of hydrogen-bond acceptors (Lipinski definition) is 5. The first-order valence-corrected chi connectivity index (χ1v) is 9.83. The van der Waals surface area contributed by atoms with Gasteiger partial charge in [-0.3, -0.25) is 0 Å². The quantitative estimate of drug-likeness (QED) is 0.878. The van der Waals surface area contributed by atoms with Gasteiger partial charge in [-0.15, -0.1) is 22.7 Å². The highest BCUT2D eigenvalue weighted by molar-refractivity contribution is 7.20. The summed E-state index contributed by atoms with van der Waals surface area (Å²) in [5.74, 6) is 0. The van der Waals surface area contributed by atoms with Crippen molar-refractivity contribution in [2.24, 2.45) is 0 Å². The monoisotopic (exact) mass is 348 g/mol. The molecule has 0 spiro atoms. The summed E-state index contributed by atoms with van der Waals surface area (Å²) in [7, 11) is 0. The van der Waals surface area contributed by atoms with Crippen LogP contribution in [0.5, 0.6) is 0 Å². The second-order valence-corrected chi connectivity index (χ2v) is 8.14. The number of nitrogens with one attached hydrogen (secondary N) is 2. The number of carbonyl (C=O) groups excluding carboxylic acids is 1. The second-order valence-electron chi connectivity index (χ2n) is 6.28. The molecule has 4 heterocycles. The molecule has 2 saturated heterocycles. The maximum atomic E-state index is 12.1. The Labute approximate surface area is 143 Å². The molecule has 2 atom stereocenters. The van der Waals surface area contributed by atoms with Crippen LogP contribution in [0.25, 0.3) is 9.75 Å². The standard InChI is InChI=1S/C17H20N2O2S2/c20-17(19-14-8-12-3-4-13(9-14)18-12)21-10-11-5-7-23-16(11)15-2-1-6-22-15/h1-2,5-7,12-14,18H,3-4,8-10H2,(H,19,20). The van der Waals surface area contributed by atoms with Crippen molar-refractivity contribution >= 4 is 28.8 Å². The number of alkyl carbamates (subject to hydrolysis) is 1. The molecule has 23 heavy (non-hydrogen) atoms. The van der Waals surface area contributed by atoms with E-state index in [1.807, 2.05) is 12.1 Å². The summed E-state index contributed by atoms with van der Waals surface area (Å²) in [6.45, 7) is 0.334. The maximum absolute atomic E-state index is 12.1. The average molecular weight is 348 g/mol. The lowest BCUT2D eigenvalue weighted by molar-refractivity contribution is 0.132. The predicted molar refractivity (Wildman–Crippen MR) is 93.9 cm³/mol. The zero-order valence-electron chi connectivity index (χ0n) is 12.8. The van der Waals surface area contributed by atoms with Gasteiger partial charge in [-0.05, 0) is 48.6 Å². The molecule has 0 radical (unpaired) electrons. The number of fused-ring (bicyclic) bond motifs is 2. The normalized spacial score (nSPS) is 26.2. The van der Waals surface area contributed by atoms with Crippen molar-refractivity contribution in [2.75, 3.05) is 0 Å². The second kappa shape index (κ2) is 6.63. The van der Waals surface area contributed by atoms with E-state index in [0.717, 1.165) is 18.4 Å². The molecule has 1 amide bonds. The van der Waals surface area contributed by atoms with Crippen LogP contribution >= 0.6 is 22.7 Å². The molecule has 2 aliphatic rings. The Bertz CT molecular complexity index is 656. The molecule has 4 rings (SSSR count). The molecule has 2 N–H and O–H groups in total. The molecule has 4 nitrogen and oxygen atoms in total. The topological polar surface area (TPSA) is 50.4 Å². The number of carbonyl (C=O) groups is 1. The van der Waals surface area contributed by atoms with Gasteiger partial charge >= 0.3 is 6.09 Å². The van der Waals surface area contributed by atoms with Crippen molar-refractivity contribution in [1.82, 2.24) is 10.6 Å². The van der Waals surface area contributed by atoms with E-state index in [1.165, 1.54) is 22.6 Å². The highest BCUT2D eigenvalue weighted by atomic mass is 32.1. The number of rotatable bonds is 4. The lowest BCUT2D eigenvalue weighted by atomic mass is 10.0. The molecule has 2 aromatic heterocycles. The zero-order chi connectivity index (χ0) is 15.6. The van der Waals surface area contributed by atoms with E-state index in [0.29, 0.717) is 18.7 Å². The van der Waals surface area contributed by atoms with Crippen LogP contribution in [0.1, 0.15) is 31.2 Å². The number of piperidine rings is 1. The van der Waals surface area contributed by atoms with E-state index in [4.69, 9.17) is 4.74 Å². The van der Waals surface area contributed by atoms with E-state index in [-0.39, 0.29) is 12.1 Å². The molecular formula is C17H20N2O2S2. The summed E-state index contributed by atoms with van der Waals surface area (Å²) in [4.78, 5) is 14.5. The Kier molecular flexibility index (Phi) is 4.37. The zero-order valence-corrected chi connectivity index (χ0v) is 14.4. The van der Waals surface area contributed by atoms with Gasteiger partial charge in [-0.1, -0.05) is 6.07 Å². The summed E-state index contributed by atoms with van der Waals surface area (Å²) in [5.41, 5.74) is 1.08. The van der Waals surface area contributed by atoms with Gasteiger partial charge in [-0.25, -0.2) is 4.79 Å². The highest BCUT2D eigenvalue weighted by Gasteiger charge is 2.34. The molecule has 0 aliphatic carbocycles. The fourth-order valence-electron chi connectivity index (χ4n) is 3.60. The molecule has 122 valence electrons. The average Bonchev–Trinajstić information content (AvgIpc) is 3.25. The first-order valence-electron chi connectivity index (χ1n) is 8.07. The molecular weight excluding hydrogens is 328 g/mol. The van der Waals surface area contributed by atoms with Crippen LogP contribution in [0.3, 0.4) is 0 Å². The third kappa shape index (κ3) is 3.44. The number of hydrogen-bond donors (Lipinski definition) is 2. The van der Waals surface area contributed by atoms with Crippen molar-refractivity contribution in [1.29, 1.82) is 0 Å². The molecule has 0 aromatic carbocycles. The number of amides is 1. The first-order chi connectivity index (χ1) is 11.3. The third-order valence-corrected chi connectivity index (χ3v) is 6.65. The van der Waals surface area contributed by atoms with Crippen LogP contribution in [0, 0.1) is 0 Å². The lowest BCUT2D eigenvalue weighted by Gasteiger charge is -2.29. The smallest absolute Gasteiger partial charge is 0.407 e. The van der Waals surface area contributed by atoms with Crippen molar-refractivity contribution in [3.63, 3.8) is 0 Å². The van der Waals surface area contributed by atoms with Gasteiger partial charge < -0.3 is 15.4 Å². The largest absolute Gasteiger partial charge is 0.445 e. The minimum atomic E-state index is -0.292. The molecule has 2 fully saturated rings. The van der Waals surface area contributed by atoms with Crippen molar-refractivity contribution in [3.8, 4) is 9.75 Å². The lowest BCUT2D eigenvalue weighted by Crippen LogP contribution is -2.48. The van der Waals surface area contributed by atoms with E-state index in [1.54, 1.807) is 22.7 Å². The third-order valence-electron chi connectivity index (χ3n) is 4.65. The summed E-state index contributed by atoms with van der Waals surface area (Å²) < 4.78 is 5.46. The van der Waals surface area contributed by atoms with E-state index >= 15 is 0 Å². The Morgan fingerprint density at radius 1 is 1.22 bits per heavy atom. The Morgan fingerprint density at radius 3 is 2.78 bits per heavy atom. The molecule has 2 unspecified atom stereocenters. The van der Waals surface area contributed by atoms with Crippen LogP contribution in [-0.4, -0.2) is 24.2 Å². The van der Waals surface area contributed by atoms with E-state index in [9.17, 15) is 4.79 Å². The fourth-order valence-corrected chi connectivity index (χ4v) is 5.42. The maximum Gasteiger partial charge on any atom is 0.407 e. The predicted octanol–water partition coefficient (Wildman–Crippen LogP) is 3.99. The number of ether oxygens (including phenoxy) is 1. The van der Waals surface area contributed by atoms with Gasteiger partial charge in [0.2, 0.25) is 0 Å². The van der Waals surface area contributed by atoms with Crippen molar-refractivity contribution in [2.45, 2.75) is 50.4 Å². The minimum Gasteiger partial charge on any atom is -0.445 e. The summed E-state index contributed by atoms with van der Waals surface area (Å²) in [6, 6.07) is 7.58. The molecule has 2 aliphatic heterocycles. The van der Waals surface area contributed by atoms with Gasteiger partial charge in [0.1, 0.15) is 6.61 Å². The van der Waals surface area contributed by atoms with Gasteiger partial charge in [0.25, 0.3) is 0 Å². The van der Waals surface area contributed by atoms with E-state index in [2.05, 4.69) is 27.5 Å². The van der Waals surface area contributed by atoms with Crippen LogP contribution in [0.2, 0.25) is 0 Å².